The van der Waals surface area contributed by atoms with Crippen molar-refractivity contribution < 1.29 is 0 Å². The fraction of sp³-hybridized carbons (Fsp3) is 0.538. The summed E-state index contributed by atoms with van der Waals surface area (Å²) in [6.07, 6.45) is 6.08. The minimum atomic E-state index is 0.447. The van der Waals surface area contributed by atoms with Crippen LogP contribution in [-0.2, 0) is 0 Å². The van der Waals surface area contributed by atoms with Gasteiger partial charge in [0.1, 0.15) is 5.82 Å². The van der Waals surface area contributed by atoms with Crippen LogP contribution in [0.2, 0.25) is 0 Å². The zero-order valence-electron chi connectivity index (χ0n) is 10.7. The van der Waals surface area contributed by atoms with E-state index < -0.39 is 0 Å². The van der Waals surface area contributed by atoms with Gasteiger partial charge in [-0.2, -0.15) is 5.10 Å². The largest absolute Gasteiger partial charge is 0.367 e. The molecule has 2 unspecified atom stereocenters. The number of fused-ring (bicyclic) bond motifs is 1. The fourth-order valence-corrected chi connectivity index (χ4v) is 1.97. The lowest BCUT2D eigenvalue weighted by molar-refractivity contribution is 0.483. The van der Waals surface area contributed by atoms with Gasteiger partial charge in [-0.15, -0.1) is 0 Å². The minimum Gasteiger partial charge on any atom is -0.367 e. The van der Waals surface area contributed by atoms with Crippen molar-refractivity contribution in [3.63, 3.8) is 0 Å². The van der Waals surface area contributed by atoms with E-state index in [4.69, 9.17) is 0 Å². The van der Waals surface area contributed by atoms with Crippen molar-refractivity contribution in [1.29, 1.82) is 0 Å². The third kappa shape index (κ3) is 2.96. The Morgan fingerprint density at radius 1 is 1.35 bits per heavy atom. The van der Waals surface area contributed by atoms with Crippen LogP contribution >= 0.6 is 0 Å². The molecule has 0 spiro atoms. The van der Waals surface area contributed by atoms with Gasteiger partial charge in [0, 0.05) is 18.3 Å². The first-order chi connectivity index (χ1) is 8.19. The Labute approximate surface area is 102 Å². The van der Waals surface area contributed by atoms with Crippen LogP contribution in [0.4, 0.5) is 5.82 Å². The highest BCUT2D eigenvalue weighted by Crippen LogP contribution is 2.14. The average molecular weight is 232 g/mol. The molecule has 0 bridgehead atoms. The fourth-order valence-electron chi connectivity index (χ4n) is 1.97. The third-order valence-corrected chi connectivity index (χ3v) is 3.11. The lowest BCUT2D eigenvalue weighted by atomic mass is 10.0. The van der Waals surface area contributed by atoms with Crippen LogP contribution in [0, 0.1) is 5.92 Å². The number of rotatable bonds is 5. The summed E-state index contributed by atoms with van der Waals surface area (Å²) in [4.78, 5) is 4.50. The Kier molecular flexibility index (Phi) is 3.61. The summed E-state index contributed by atoms with van der Waals surface area (Å²) >= 11 is 0. The smallest absolute Gasteiger partial charge is 0.157 e. The molecule has 2 aromatic heterocycles. The number of nitrogens with one attached hydrogen (secondary N) is 1. The molecule has 0 aliphatic heterocycles. The third-order valence-electron chi connectivity index (χ3n) is 3.11. The van der Waals surface area contributed by atoms with Crippen molar-refractivity contribution >= 4 is 11.5 Å². The van der Waals surface area contributed by atoms with Crippen molar-refractivity contribution in [1.82, 2.24) is 14.6 Å². The molecular weight excluding hydrogens is 212 g/mol. The molecule has 0 saturated heterocycles. The van der Waals surface area contributed by atoms with E-state index >= 15 is 0 Å². The molecule has 17 heavy (non-hydrogen) atoms. The lowest BCUT2D eigenvalue weighted by Crippen LogP contribution is -2.19. The van der Waals surface area contributed by atoms with Crippen molar-refractivity contribution in [2.24, 2.45) is 5.92 Å². The number of anilines is 1. The van der Waals surface area contributed by atoms with Crippen LogP contribution in [0.15, 0.2) is 24.5 Å². The monoisotopic (exact) mass is 232 g/mol. The Hall–Kier alpha value is -1.58. The van der Waals surface area contributed by atoms with Crippen molar-refractivity contribution in [2.45, 2.75) is 39.7 Å². The molecule has 0 aromatic carbocycles. The molecule has 0 radical (unpaired) electrons. The zero-order valence-corrected chi connectivity index (χ0v) is 10.7. The van der Waals surface area contributed by atoms with Crippen LogP contribution in [0.5, 0.6) is 0 Å². The standard InChI is InChI=1S/C13H20N4/c1-4-10(2)9-11(3)15-12-6-8-17-13(16-12)5-7-14-17/h5-8,10-11H,4,9H2,1-3H3,(H,15,16). The summed E-state index contributed by atoms with van der Waals surface area (Å²) in [6.45, 7) is 6.72. The molecule has 2 heterocycles. The second-order valence-corrected chi connectivity index (χ2v) is 4.74. The van der Waals surface area contributed by atoms with Gasteiger partial charge >= 0.3 is 0 Å². The normalized spacial score (nSPS) is 14.8. The van der Waals surface area contributed by atoms with Gasteiger partial charge < -0.3 is 5.32 Å². The molecule has 0 fully saturated rings. The highest BCUT2D eigenvalue weighted by molar-refractivity contribution is 5.45. The molecule has 4 nitrogen and oxygen atoms in total. The number of hydrogen-bond donors (Lipinski definition) is 1. The average Bonchev–Trinajstić information content (AvgIpc) is 2.75. The molecular formula is C13H20N4. The van der Waals surface area contributed by atoms with E-state index in [1.807, 2.05) is 18.3 Å². The van der Waals surface area contributed by atoms with Crippen LogP contribution in [0.3, 0.4) is 0 Å². The summed E-state index contributed by atoms with van der Waals surface area (Å²) in [5.74, 6) is 1.67. The predicted octanol–water partition coefficient (Wildman–Crippen LogP) is 2.97. The molecule has 4 heteroatoms. The maximum Gasteiger partial charge on any atom is 0.157 e. The van der Waals surface area contributed by atoms with Gasteiger partial charge in [-0.25, -0.2) is 9.50 Å². The Balaban J connectivity index is 2.02. The Morgan fingerprint density at radius 3 is 2.94 bits per heavy atom. The molecule has 0 aliphatic carbocycles. The lowest BCUT2D eigenvalue weighted by Gasteiger charge is -2.17. The van der Waals surface area contributed by atoms with Crippen LogP contribution in [-0.4, -0.2) is 20.6 Å². The van der Waals surface area contributed by atoms with E-state index in [0.717, 1.165) is 17.4 Å². The number of hydrogen-bond acceptors (Lipinski definition) is 3. The van der Waals surface area contributed by atoms with Crippen molar-refractivity contribution in [3.8, 4) is 0 Å². The molecule has 2 aromatic rings. The van der Waals surface area contributed by atoms with E-state index in [9.17, 15) is 0 Å². The summed E-state index contributed by atoms with van der Waals surface area (Å²) in [5.41, 5.74) is 0.880. The van der Waals surface area contributed by atoms with Gasteiger partial charge in [0.25, 0.3) is 0 Å². The zero-order chi connectivity index (χ0) is 12.3. The molecule has 0 saturated carbocycles. The van der Waals surface area contributed by atoms with Gasteiger partial charge in [-0.1, -0.05) is 20.3 Å². The van der Waals surface area contributed by atoms with Crippen LogP contribution in [0.1, 0.15) is 33.6 Å². The molecule has 0 aliphatic rings. The second kappa shape index (κ2) is 5.17. The van der Waals surface area contributed by atoms with Crippen LogP contribution in [0.25, 0.3) is 5.65 Å². The van der Waals surface area contributed by atoms with E-state index in [0.29, 0.717) is 6.04 Å². The van der Waals surface area contributed by atoms with Crippen molar-refractivity contribution in [2.75, 3.05) is 5.32 Å². The maximum absolute atomic E-state index is 4.50. The first-order valence-corrected chi connectivity index (χ1v) is 6.26. The molecule has 2 rings (SSSR count). The summed E-state index contributed by atoms with van der Waals surface area (Å²) < 4.78 is 1.77. The molecule has 1 N–H and O–H groups in total. The van der Waals surface area contributed by atoms with Gasteiger partial charge in [-0.05, 0) is 25.3 Å². The van der Waals surface area contributed by atoms with E-state index in [-0.39, 0.29) is 0 Å². The number of aromatic nitrogens is 3. The minimum absolute atomic E-state index is 0.447. The molecule has 0 amide bonds. The predicted molar refractivity (Wildman–Crippen MR) is 70.1 cm³/mol. The van der Waals surface area contributed by atoms with E-state index in [2.05, 4.69) is 36.2 Å². The Bertz CT molecular complexity index is 477. The summed E-state index contributed by atoms with van der Waals surface area (Å²) in [7, 11) is 0. The maximum atomic E-state index is 4.50. The van der Waals surface area contributed by atoms with Gasteiger partial charge in [0.15, 0.2) is 5.65 Å². The van der Waals surface area contributed by atoms with Crippen molar-refractivity contribution in [3.05, 3.63) is 24.5 Å². The van der Waals surface area contributed by atoms with Gasteiger partial charge in [-0.3, -0.25) is 0 Å². The number of nitrogens with zero attached hydrogens (tertiary/aromatic N) is 3. The molecule has 2 atom stereocenters. The van der Waals surface area contributed by atoms with Gasteiger partial charge in [0.05, 0.1) is 6.20 Å². The first kappa shape index (κ1) is 11.9. The highest BCUT2D eigenvalue weighted by atomic mass is 15.2. The topological polar surface area (TPSA) is 42.2 Å². The van der Waals surface area contributed by atoms with Gasteiger partial charge in [0.2, 0.25) is 0 Å². The highest BCUT2D eigenvalue weighted by Gasteiger charge is 2.08. The Morgan fingerprint density at radius 2 is 2.18 bits per heavy atom. The molecule has 92 valence electrons. The summed E-state index contributed by atoms with van der Waals surface area (Å²) in [5, 5.41) is 7.56. The second-order valence-electron chi connectivity index (χ2n) is 4.74. The quantitative estimate of drug-likeness (QED) is 0.861. The SMILES string of the molecule is CCC(C)CC(C)Nc1ccn2nccc2n1. The summed E-state index contributed by atoms with van der Waals surface area (Å²) in [6, 6.07) is 4.32. The van der Waals surface area contributed by atoms with Crippen LogP contribution < -0.4 is 5.32 Å². The van der Waals surface area contributed by atoms with E-state index in [1.54, 1.807) is 10.7 Å². The first-order valence-electron chi connectivity index (χ1n) is 6.26. The van der Waals surface area contributed by atoms with E-state index in [1.165, 1.54) is 12.8 Å².